The molecule has 0 amide bonds. The van der Waals surface area contributed by atoms with Crippen LogP contribution in [0.3, 0.4) is 0 Å². The van der Waals surface area contributed by atoms with Crippen molar-refractivity contribution in [3.63, 3.8) is 0 Å². The Morgan fingerprint density at radius 2 is 2.17 bits per heavy atom. The molecule has 1 heterocycles. The second kappa shape index (κ2) is 5.63. The highest BCUT2D eigenvalue weighted by Gasteiger charge is 2.22. The molecule has 1 aromatic rings. The van der Waals surface area contributed by atoms with Gasteiger partial charge in [0.25, 0.3) is 0 Å². The smallest absolute Gasteiger partial charge is 0.176 e. The molecule has 1 aliphatic heterocycles. The standard InChI is InChI=1S/C15H22N2O/c1-12-5-4-6-14(9-12)15(18)11-17-8-7-16(3)13(2)10-17/h4-6,9,13H,7-8,10-11H2,1-3H3. The number of aryl methyl sites for hydroxylation is 1. The number of hydrogen-bond acceptors (Lipinski definition) is 3. The number of benzene rings is 1. The molecule has 1 aliphatic rings. The number of rotatable bonds is 3. The van der Waals surface area contributed by atoms with Crippen molar-refractivity contribution < 1.29 is 4.79 Å². The first-order valence-corrected chi connectivity index (χ1v) is 6.58. The van der Waals surface area contributed by atoms with Gasteiger partial charge in [0, 0.05) is 31.2 Å². The predicted molar refractivity (Wildman–Crippen MR) is 74.0 cm³/mol. The minimum atomic E-state index is 0.232. The van der Waals surface area contributed by atoms with Gasteiger partial charge < -0.3 is 4.90 Å². The third-order valence-corrected chi connectivity index (χ3v) is 3.75. The Morgan fingerprint density at radius 1 is 1.39 bits per heavy atom. The molecule has 1 aromatic carbocycles. The van der Waals surface area contributed by atoms with E-state index in [0.29, 0.717) is 12.6 Å². The zero-order chi connectivity index (χ0) is 13.1. The average molecular weight is 246 g/mol. The summed E-state index contributed by atoms with van der Waals surface area (Å²) >= 11 is 0. The molecule has 18 heavy (non-hydrogen) atoms. The Morgan fingerprint density at radius 3 is 2.83 bits per heavy atom. The van der Waals surface area contributed by atoms with Crippen LogP contribution in [-0.4, -0.2) is 54.9 Å². The highest BCUT2D eigenvalue weighted by atomic mass is 16.1. The van der Waals surface area contributed by atoms with Crippen molar-refractivity contribution in [2.45, 2.75) is 19.9 Å². The summed E-state index contributed by atoms with van der Waals surface area (Å²) in [5.74, 6) is 0.232. The number of Topliss-reactive ketones (excluding diaryl/α,β-unsaturated/α-hetero) is 1. The minimum Gasteiger partial charge on any atom is -0.301 e. The van der Waals surface area contributed by atoms with E-state index in [0.717, 1.165) is 30.8 Å². The molecular formula is C15H22N2O. The van der Waals surface area contributed by atoms with E-state index in [4.69, 9.17) is 0 Å². The summed E-state index contributed by atoms with van der Waals surface area (Å²) in [6.45, 7) is 7.79. The SMILES string of the molecule is Cc1cccc(C(=O)CN2CCN(C)C(C)C2)c1. The van der Waals surface area contributed by atoms with Gasteiger partial charge in [0.1, 0.15) is 0 Å². The summed E-state index contributed by atoms with van der Waals surface area (Å²) in [5, 5.41) is 0. The molecule has 0 spiro atoms. The second-order valence-corrected chi connectivity index (χ2v) is 5.36. The largest absolute Gasteiger partial charge is 0.301 e. The van der Waals surface area contributed by atoms with E-state index in [1.165, 1.54) is 0 Å². The normalized spacial score (nSPS) is 22.1. The number of carbonyl (C=O) groups is 1. The Balaban J connectivity index is 1.96. The first kappa shape index (κ1) is 13.2. The summed E-state index contributed by atoms with van der Waals surface area (Å²) in [6, 6.07) is 8.39. The third-order valence-electron chi connectivity index (χ3n) is 3.75. The monoisotopic (exact) mass is 246 g/mol. The number of piperazine rings is 1. The lowest BCUT2D eigenvalue weighted by atomic mass is 10.1. The maximum Gasteiger partial charge on any atom is 0.176 e. The van der Waals surface area contributed by atoms with Gasteiger partial charge in [-0.3, -0.25) is 9.69 Å². The van der Waals surface area contributed by atoms with E-state index >= 15 is 0 Å². The van der Waals surface area contributed by atoms with Gasteiger partial charge in [-0.05, 0) is 27.0 Å². The summed E-state index contributed by atoms with van der Waals surface area (Å²) in [7, 11) is 2.14. The first-order chi connectivity index (χ1) is 8.56. The first-order valence-electron chi connectivity index (χ1n) is 6.58. The van der Waals surface area contributed by atoms with Crippen molar-refractivity contribution in [2.75, 3.05) is 33.2 Å². The van der Waals surface area contributed by atoms with Crippen molar-refractivity contribution in [2.24, 2.45) is 0 Å². The van der Waals surface area contributed by atoms with Crippen molar-refractivity contribution in [3.05, 3.63) is 35.4 Å². The van der Waals surface area contributed by atoms with Gasteiger partial charge in [0.05, 0.1) is 6.54 Å². The van der Waals surface area contributed by atoms with Crippen LogP contribution >= 0.6 is 0 Å². The number of carbonyl (C=O) groups excluding carboxylic acids is 1. The number of ketones is 1. The Bertz CT molecular complexity index is 430. The lowest BCUT2D eigenvalue weighted by Crippen LogP contribution is -2.51. The van der Waals surface area contributed by atoms with Gasteiger partial charge in [0.15, 0.2) is 5.78 Å². The van der Waals surface area contributed by atoms with E-state index in [1.807, 2.05) is 31.2 Å². The maximum atomic E-state index is 12.2. The van der Waals surface area contributed by atoms with Crippen LogP contribution in [0.1, 0.15) is 22.8 Å². The maximum absolute atomic E-state index is 12.2. The second-order valence-electron chi connectivity index (χ2n) is 5.36. The molecule has 1 atom stereocenters. The Labute approximate surface area is 109 Å². The van der Waals surface area contributed by atoms with Crippen LogP contribution in [0, 0.1) is 6.92 Å². The quantitative estimate of drug-likeness (QED) is 0.760. The molecule has 1 fully saturated rings. The van der Waals surface area contributed by atoms with Crippen LogP contribution in [0.5, 0.6) is 0 Å². The number of hydrogen-bond donors (Lipinski definition) is 0. The fourth-order valence-electron chi connectivity index (χ4n) is 2.38. The van der Waals surface area contributed by atoms with Crippen molar-refractivity contribution >= 4 is 5.78 Å². The number of likely N-dealkylation sites (N-methyl/N-ethyl adjacent to an activating group) is 1. The van der Waals surface area contributed by atoms with Crippen LogP contribution in [-0.2, 0) is 0 Å². The fraction of sp³-hybridized carbons (Fsp3) is 0.533. The van der Waals surface area contributed by atoms with Crippen LogP contribution in [0.2, 0.25) is 0 Å². The third kappa shape index (κ3) is 3.18. The van der Waals surface area contributed by atoms with Gasteiger partial charge in [-0.2, -0.15) is 0 Å². The Hall–Kier alpha value is -1.19. The van der Waals surface area contributed by atoms with E-state index in [2.05, 4.69) is 23.8 Å². The molecule has 0 saturated carbocycles. The van der Waals surface area contributed by atoms with E-state index in [1.54, 1.807) is 0 Å². The van der Waals surface area contributed by atoms with Gasteiger partial charge in [0.2, 0.25) is 0 Å². The molecule has 0 N–H and O–H groups in total. The summed E-state index contributed by atoms with van der Waals surface area (Å²) in [5.41, 5.74) is 1.98. The molecule has 2 rings (SSSR count). The molecule has 1 unspecified atom stereocenters. The summed E-state index contributed by atoms with van der Waals surface area (Å²) in [4.78, 5) is 16.8. The summed E-state index contributed by atoms with van der Waals surface area (Å²) in [6.07, 6.45) is 0. The van der Waals surface area contributed by atoms with Crippen molar-refractivity contribution in [3.8, 4) is 0 Å². The molecule has 0 bridgehead atoms. The van der Waals surface area contributed by atoms with Crippen LogP contribution < -0.4 is 0 Å². The Kier molecular flexibility index (Phi) is 4.15. The van der Waals surface area contributed by atoms with Gasteiger partial charge in [-0.25, -0.2) is 0 Å². The molecular weight excluding hydrogens is 224 g/mol. The molecule has 1 saturated heterocycles. The zero-order valence-electron chi connectivity index (χ0n) is 11.5. The zero-order valence-corrected chi connectivity index (χ0v) is 11.5. The fourth-order valence-corrected chi connectivity index (χ4v) is 2.38. The molecule has 0 aromatic heterocycles. The van der Waals surface area contributed by atoms with Crippen molar-refractivity contribution in [1.29, 1.82) is 0 Å². The van der Waals surface area contributed by atoms with Gasteiger partial charge in [-0.15, -0.1) is 0 Å². The highest BCUT2D eigenvalue weighted by molar-refractivity contribution is 5.97. The highest BCUT2D eigenvalue weighted by Crippen LogP contribution is 2.10. The number of nitrogens with zero attached hydrogens (tertiary/aromatic N) is 2. The molecule has 0 aliphatic carbocycles. The summed E-state index contributed by atoms with van der Waals surface area (Å²) < 4.78 is 0. The van der Waals surface area contributed by atoms with E-state index in [9.17, 15) is 4.79 Å². The predicted octanol–water partition coefficient (Wildman–Crippen LogP) is 1.81. The average Bonchev–Trinajstić information content (AvgIpc) is 2.34. The molecule has 0 radical (unpaired) electrons. The topological polar surface area (TPSA) is 23.6 Å². The minimum absolute atomic E-state index is 0.232. The van der Waals surface area contributed by atoms with Crippen molar-refractivity contribution in [1.82, 2.24) is 9.80 Å². The van der Waals surface area contributed by atoms with Gasteiger partial charge >= 0.3 is 0 Å². The van der Waals surface area contributed by atoms with Gasteiger partial charge in [-0.1, -0.05) is 23.8 Å². The van der Waals surface area contributed by atoms with Crippen LogP contribution in [0.15, 0.2) is 24.3 Å². The van der Waals surface area contributed by atoms with Crippen LogP contribution in [0.4, 0.5) is 0 Å². The molecule has 98 valence electrons. The molecule has 3 nitrogen and oxygen atoms in total. The molecule has 3 heteroatoms. The lowest BCUT2D eigenvalue weighted by Gasteiger charge is -2.37. The van der Waals surface area contributed by atoms with Crippen LogP contribution in [0.25, 0.3) is 0 Å². The van der Waals surface area contributed by atoms with E-state index < -0.39 is 0 Å². The lowest BCUT2D eigenvalue weighted by molar-refractivity contribution is 0.0786. The van der Waals surface area contributed by atoms with E-state index in [-0.39, 0.29) is 5.78 Å².